The van der Waals surface area contributed by atoms with Crippen molar-refractivity contribution >= 4 is 41.9 Å². The molecule has 1 atom stereocenters. The summed E-state index contributed by atoms with van der Waals surface area (Å²) in [5, 5.41) is 0. The number of halogens is 3. The zero-order chi connectivity index (χ0) is 15.6. The molecule has 21 heavy (non-hydrogen) atoms. The summed E-state index contributed by atoms with van der Waals surface area (Å²) in [6, 6.07) is 11.0. The van der Waals surface area contributed by atoms with Crippen LogP contribution in [0.4, 0.5) is 4.39 Å². The zero-order valence-electron chi connectivity index (χ0n) is 11.0. The Hall–Kier alpha value is -0.760. The van der Waals surface area contributed by atoms with Crippen LogP contribution < -0.4 is 4.72 Å². The molecule has 0 saturated heterocycles. The number of benzene rings is 2. The normalized spacial score (nSPS) is 13.1. The van der Waals surface area contributed by atoms with Gasteiger partial charge in [0.25, 0.3) is 0 Å². The third-order valence-electron chi connectivity index (χ3n) is 2.86. The third-order valence-corrected chi connectivity index (χ3v) is 6.28. The molecule has 0 spiro atoms. The lowest BCUT2D eigenvalue weighted by Crippen LogP contribution is -2.27. The summed E-state index contributed by atoms with van der Waals surface area (Å²) in [5.41, 5.74) is 0.843. The summed E-state index contributed by atoms with van der Waals surface area (Å²) in [6.45, 7) is 1.75. The summed E-state index contributed by atoms with van der Waals surface area (Å²) in [6.07, 6.45) is 0. The van der Waals surface area contributed by atoms with Crippen molar-refractivity contribution < 1.29 is 12.8 Å². The first-order valence-electron chi connectivity index (χ1n) is 6.03. The molecule has 0 fully saturated rings. The number of rotatable bonds is 4. The minimum Gasteiger partial charge on any atom is -0.207 e. The lowest BCUT2D eigenvalue weighted by Gasteiger charge is -2.16. The van der Waals surface area contributed by atoms with Gasteiger partial charge in [-0.25, -0.2) is 17.5 Å². The van der Waals surface area contributed by atoms with Crippen LogP contribution in [0, 0.1) is 5.82 Å². The smallest absolute Gasteiger partial charge is 0.207 e. The van der Waals surface area contributed by atoms with Crippen molar-refractivity contribution in [3.63, 3.8) is 0 Å². The zero-order valence-corrected chi connectivity index (χ0v) is 15.0. The molecule has 2 aromatic rings. The van der Waals surface area contributed by atoms with Gasteiger partial charge in [0, 0.05) is 15.0 Å². The van der Waals surface area contributed by atoms with Crippen molar-refractivity contribution in [1.29, 1.82) is 0 Å². The second-order valence-electron chi connectivity index (χ2n) is 4.45. The van der Waals surface area contributed by atoms with E-state index in [1.807, 2.05) is 30.3 Å². The second kappa shape index (κ2) is 6.56. The largest absolute Gasteiger partial charge is 0.243 e. The van der Waals surface area contributed by atoms with E-state index >= 15 is 0 Å². The third kappa shape index (κ3) is 3.91. The lowest BCUT2D eigenvalue weighted by atomic mass is 10.1. The first kappa shape index (κ1) is 16.6. The molecule has 0 aliphatic rings. The quantitative estimate of drug-likeness (QED) is 0.772. The van der Waals surface area contributed by atoms with Gasteiger partial charge in [-0.05, 0) is 56.5 Å². The molecular formula is C14H12Br2FNO2S. The van der Waals surface area contributed by atoms with E-state index in [2.05, 4.69) is 36.6 Å². The molecule has 0 saturated carbocycles. The van der Waals surface area contributed by atoms with Gasteiger partial charge in [-0.15, -0.1) is 0 Å². The summed E-state index contributed by atoms with van der Waals surface area (Å²) >= 11 is 6.18. The summed E-state index contributed by atoms with van der Waals surface area (Å²) < 4.78 is 41.1. The highest BCUT2D eigenvalue weighted by molar-refractivity contribution is 9.11. The van der Waals surface area contributed by atoms with Gasteiger partial charge >= 0.3 is 0 Å². The molecule has 0 aliphatic carbocycles. The summed E-state index contributed by atoms with van der Waals surface area (Å²) in [7, 11) is -3.80. The first-order valence-corrected chi connectivity index (χ1v) is 9.10. The molecule has 1 N–H and O–H groups in total. The van der Waals surface area contributed by atoms with Crippen LogP contribution in [0.15, 0.2) is 56.3 Å². The Morgan fingerprint density at radius 1 is 1.10 bits per heavy atom. The molecule has 0 aliphatic heterocycles. The molecule has 1 unspecified atom stereocenters. The molecule has 3 nitrogen and oxygen atoms in total. The Bertz CT molecular complexity index is 728. The minimum atomic E-state index is -3.80. The van der Waals surface area contributed by atoms with Crippen molar-refractivity contribution in [2.24, 2.45) is 0 Å². The first-order chi connectivity index (χ1) is 9.81. The number of nitrogens with one attached hydrogen (secondary N) is 1. The van der Waals surface area contributed by atoms with Crippen molar-refractivity contribution in [1.82, 2.24) is 4.72 Å². The predicted molar refractivity (Wildman–Crippen MR) is 87.0 cm³/mol. The number of hydrogen-bond donors (Lipinski definition) is 1. The monoisotopic (exact) mass is 435 g/mol. The van der Waals surface area contributed by atoms with E-state index in [1.165, 1.54) is 0 Å². The second-order valence-corrected chi connectivity index (χ2v) is 7.81. The highest BCUT2D eigenvalue weighted by Crippen LogP contribution is 2.31. The van der Waals surface area contributed by atoms with Gasteiger partial charge in [0.15, 0.2) is 0 Å². The predicted octanol–water partition coefficient (Wildman–Crippen LogP) is 4.39. The van der Waals surface area contributed by atoms with Crippen LogP contribution >= 0.6 is 31.9 Å². The molecule has 0 aromatic heterocycles. The molecule has 0 amide bonds. The van der Waals surface area contributed by atoms with Crippen molar-refractivity contribution in [2.45, 2.75) is 17.9 Å². The molecule has 7 heteroatoms. The molecule has 112 valence electrons. The average Bonchev–Trinajstić information content (AvgIpc) is 2.37. The number of sulfonamides is 1. The molecule has 2 aromatic carbocycles. The van der Waals surface area contributed by atoms with Crippen LogP contribution in [0.3, 0.4) is 0 Å². The Kier molecular flexibility index (Phi) is 5.19. The van der Waals surface area contributed by atoms with Gasteiger partial charge in [0.2, 0.25) is 10.0 Å². The Balaban J connectivity index is 2.36. The minimum absolute atomic E-state index is 0.0216. The standard InChI is InChI=1S/C14H12Br2FNO2S/c1-9(10-5-3-2-4-6-10)18-21(19,20)14-12(15)7-11(17)8-13(14)16/h2-9,18H,1H3. The fraction of sp³-hybridized carbons (Fsp3) is 0.143. The van der Waals surface area contributed by atoms with E-state index in [9.17, 15) is 12.8 Å². The highest BCUT2D eigenvalue weighted by atomic mass is 79.9. The van der Waals surface area contributed by atoms with E-state index in [4.69, 9.17) is 0 Å². The average molecular weight is 437 g/mol. The van der Waals surface area contributed by atoms with Crippen LogP contribution in [-0.4, -0.2) is 8.42 Å². The Labute approximate surface area is 139 Å². The van der Waals surface area contributed by atoms with Crippen LogP contribution in [0.5, 0.6) is 0 Å². The highest BCUT2D eigenvalue weighted by Gasteiger charge is 2.24. The van der Waals surface area contributed by atoms with Gasteiger partial charge in [0.1, 0.15) is 10.7 Å². The maximum absolute atomic E-state index is 13.2. The van der Waals surface area contributed by atoms with E-state index in [-0.39, 0.29) is 13.8 Å². The number of hydrogen-bond acceptors (Lipinski definition) is 2. The lowest BCUT2D eigenvalue weighted by molar-refractivity contribution is 0.565. The van der Waals surface area contributed by atoms with Gasteiger partial charge < -0.3 is 0 Å². The van der Waals surface area contributed by atoms with Crippen LogP contribution in [0.1, 0.15) is 18.5 Å². The van der Waals surface area contributed by atoms with E-state index < -0.39 is 21.9 Å². The van der Waals surface area contributed by atoms with Gasteiger partial charge in [-0.2, -0.15) is 0 Å². The van der Waals surface area contributed by atoms with Crippen LogP contribution in [-0.2, 0) is 10.0 Å². The van der Waals surface area contributed by atoms with Crippen molar-refractivity contribution in [3.05, 3.63) is 62.8 Å². The summed E-state index contributed by atoms with van der Waals surface area (Å²) in [5.74, 6) is -0.524. The fourth-order valence-corrected chi connectivity index (χ4v) is 5.65. The Morgan fingerprint density at radius 3 is 2.14 bits per heavy atom. The molecule has 2 rings (SSSR count). The van der Waals surface area contributed by atoms with E-state index in [0.717, 1.165) is 17.7 Å². The molecular weight excluding hydrogens is 425 g/mol. The van der Waals surface area contributed by atoms with Gasteiger partial charge in [-0.1, -0.05) is 30.3 Å². The van der Waals surface area contributed by atoms with Crippen molar-refractivity contribution in [2.75, 3.05) is 0 Å². The molecule has 0 bridgehead atoms. The maximum Gasteiger partial charge on any atom is 0.243 e. The Morgan fingerprint density at radius 2 is 1.62 bits per heavy atom. The molecule has 0 radical (unpaired) electrons. The van der Waals surface area contributed by atoms with Crippen LogP contribution in [0.2, 0.25) is 0 Å². The maximum atomic E-state index is 13.2. The van der Waals surface area contributed by atoms with E-state index in [1.54, 1.807) is 6.92 Å². The van der Waals surface area contributed by atoms with Crippen LogP contribution in [0.25, 0.3) is 0 Å². The van der Waals surface area contributed by atoms with Gasteiger partial charge in [0.05, 0.1) is 0 Å². The van der Waals surface area contributed by atoms with E-state index in [0.29, 0.717) is 0 Å². The topological polar surface area (TPSA) is 46.2 Å². The van der Waals surface area contributed by atoms with Crippen molar-refractivity contribution in [3.8, 4) is 0 Å². The molecule has 0 heterocycles. The fourth-order valence-electron chi connectivity index (χ4n) is 1.89. The summed E-state index contributed by atoms with van der Waals surface area (Å²) in [4.78, 5) is -0.0216. The van der Waals surface area contributed by atoms with Gasteiger partial charge in [-0.3, -0.25) is 0 Å². The SMILES string of the molecule is CC(NS(=O)(=O)c1c(Br)cc(F)cc1Br)c1ccccc1.